The summed E-state index contributed by atoms with van der Waals surface area (Å²) in [4.78, 5) is 0. The van der Waals surface area contributed by atoms with Crippen molar-refractivity contribution in [2.75, 3.05) is 0 Å². The molecule has 0 bridgehead atoms. The molecule has 0 aliphatic carbocycles. The third-order valence-corrected chi connectivity index (χ3v) is 22.9. The summed E-state index contributed by atoms with van der Waals surface area (Å²) < 4.78 is 0. The van der Waals surface area contributed by atoms with Gasteiger partial charge in [0.2, 0.25) is 0 Å². The molecule has 0 atom stereocenters. The van der Waals surface area contributed by atoms with Gasteiger partial charge in [0.05, 0.1) is 0 Å². The van der Waals surface area contributed by atoms with Crippen molar-refractivity contribution in [3.05, 3.63) is 253 Å². The molecule has 0 saturated carbocycles. The third kappa shape index (κ3) is 6.62. The fourth-order valence-corrected chi connectivity index (χ4v) is 20.1. The number of hydrogen-bond acceptors (Lipinski definition) is 0. The molecule has 302 valence electrons. The average Bonchev–Trinajstić information content (AvgIpc) is 3.32. The van der Waals surface area contributed by atoms with Crippen LogP contribution < -0.4 is 42.4 Å². The Bertz CT molecular complexity index is 2860. The topological polar surface area (TPSA) is 0 Å². The second-order valence-corrected chi connectivity index (χ2v) is 24.7. The Morgan fingerprint density at radius 3 is 0.790 bits per heavy atom. The molecule has 2 heteroatoms. The average molecular weight is 835 g/mol. The van der Waals surface area contributed by atoms with Crippen LogP contribution >= 0.6 is 14.5 Å². The molecule has 10 aromatic rings. The van der Waals surface area contributed by atoms with Crippen LogP contribution in [0.4, 0.5) is 0 Å². The summed E-state index contributed by atoms with van der Waals surface area (Å²) in [6.45, 7) is 8.81. The first-order chi connectivity index (χ1) is 30.4. The minimum absolute atomic E-state index is 1.24. The number of hydrogen-bond donors (Lipinski definition) is 0. The van der Waals surface area contributed by atoms with E-state index < -0.39 is 14.5 Å². The van der Waals surface area contributed by atoms with Gasteiger partial charge in [-0.2, -0.15) is 0 Å². The van der Waals surface area contributed by atoms with Crippen LogP contribution in [0, 0.1) is 27.7 Å². The van der Waals surface area contributed by atoms with Gasteiger partial charge in [-0.05, 0) is 0 Å². The zero-order valence-electron chi connectivity index (χ0n) is 35.9. The van der Waals surface area contributed by atoms with Gasteiger partial charge in [0.25, 0.3) is 0 Å². The molecule has 10 aromatic carbocycles. The first kappa shape index (κ1) is 39.7. The van der Waals surface area contributed by atoms with Crippen LogP contribution in [0.5, 0.6) is 0 Å². The van der Waals surface area contributed by atoms with Crippen molar-refractivity contribution < 1.29 is 0 Å². The Labute approximate surface area is 368 Å². The minimum atomic E-state index is -3.10. The van der Waals surface area contributed by atoms with Crippen molar-refractivity contribution in [1.82, 2.24) is 0 Å². The van der Waals surface area contributed by atoms with Crippen LogP contribution in [0.25, 0.3) is 32.7 Å². The van der Waals surface area contributed by atoms with Crippen molar-refractivity contribution >= 4 is 78.5 Å². The summed E-state index contributed by atoms with van der Waals surface area (Å²) in [5, 5.41) is 16.1. The molecular weight excluding hydrogens is 783 g/mol. The van der Waals surface area contributed by atoms with E-state index in [1.807, 2.05) is 0 Å². The molecule has 62 heavy (non-hydrogen) atoms. The fourth-order valence-electron chi connectivity index (χ4n) is 10.2. The zero-order valence-corrected chi connectivity index (χ0v) is 37.9. The second-order valence-electron chi connectivity index (χ2n) is 17.1. The second kappa shape index (κ2) is 16.5. The molecule has 0 aliphatic heterocycles. The Morgan fingerprint density at radius 2 is 0.484 bits per heavy atom. The van der Waals surface area contributed by atoms with Crippen LogP contribution in [0.1, 0.15) is 22.3 Å². The Morgan fingerprint density at radius 1 is 0.226 bits per heavy atom. The van der Waals surface area contributed by atoms with E-state index in [1.165, 1.54) is 97.4 Å². The zero-order chi connectivity index (χ0) is 42.3. The summed E-state index contributed by atoms with van der Waals surface area (Å²) in [5.41, 5.74) is 7.71. The Balaban J connectivity index is 1.47. The molecular formula is C60H52P2. The molecule has 0 N–H and O–H groups in total. The normalized spacial score (nSPS) is 12.4. The van der Waals surface area contributed by atoms with Crippen LogP contribution in [0.3, 0.4) is 0 Å². The van der Waals surface area contributed by atoms with Gasteiger partial charge in [-0.25, -0.2) is 0 Å². The van der Waals surface area contributed by atoms with E-state index in [0.29, 0.717) is 0 Å². The van der Waals surface area contributed by atoms with E-state index in [9.17, 15) is 0 Å². The Hall–Kier alpha value is -6.42. The molecule has 0 aliphatic rings. The van der Waals surface area contributed by atoms with Gasteiger partial charge < -0.3 is 0 Å². The molecule has 10 rings (SSSR count). The van der Waals surface area contributed by atoms with Crippen molar-refractivity contribution in [1.29, 1.82) is 0 Å². The van der Waals surface area contributed by atoms with E-state index in [1.54, 1.807) is 0 Å². The molecule has 0 saturated heterocycles. The standard InChI is InChI=1S/C60H52P2/c1-43-23-33-51(34-24-43)61(49-17-7-5-8-18-49,52-35-25-44(2)26-36-52)57-41-31-47-15-11-13-21-55(47)59(57)60-56-22-14-12-16-48(56)32-42-58(60)62(50-19-9-6-10-20-50,53-37-27-45(3)28-38-53)54-39-29-46(4)30-40-54/h5-42,61-62H,1-4H3. The van der Waals surface area contributed by atoms with Crippen LogP contribution in [0.2, 0.25) is 0 Å². The van der Waals surface area contributed by atoms with Gasteiger partial charge in [-0.1, -0.05) is 0 Å². The molecule has 0 heterocycles. The number of aryl methyl sites for hydroxylation is 4. The Kier molecular flexibility index (Phi) is 10.5. The summed E-state index contributed by atoms with van der Waals surface area (Å²) >= 11 is 0. The summed E-state index contributed by atoms with van der Waals surface area (Å²) in [6, 6.07) is 89.0. The molecule has 0 unspecified atom stereocenters. The molecule has 0 amide bonds. The first-order valence-corrected chi connectivity index (χ1v) is 25.8. The van der Waals surface area contributed by atoms with Gasteiger partial charge in [0.15, 0.2) is 0 Å². The van der Waals surface area contributed by atoms with Crippen LogP contribution in [-0.4, -0.2) is 0 Å². The molecule has 0 fully saturated rings. The summed E-state index contributed by atoms with van der Waals surface area (Å²) in [7, 11) is -6.19. The number of fused-ring (bicyclic) bond motifs is 2. The van der Waals surface area contributed by atoms with Gasteiger partial charge in [-0.15, -0.1) is 0 Å². The SMILES string of the molecule is Cc1ccc([PH](c2ccccc2)(c2ccc(C)cc2)c2ccc3ccccc3c2-c2c([PH](c3ccccc3)(c3ccc(C)cc3)c3ccc(C)cc3)ccc3ccccc23)cc1. The molecule has 0 aromatic heterocycles. The maximum absolute atomic E-state index is 3.10. The predicted octanol–water partition coefficient (Wildman–Crippen LogP) is 11.6. The summed E-state index contributed by atoms with van der Waals surface area (Å²) in [6.07, 6.45) is 0. The van der Waals surface area contributed by atoms with Crippen molar-refractivity contribution in [2.45, 2.75) is 27.7 Å². The van der Waals surface area contributed by atoms with Gasteiger partial charge in [0, 0.05) is 0 Å². The maximum atomic E-state index is 2.52. The van der Waals surface area contributed by atoms with E-state index in [4.69, 9.17) is 0 Å². The van der Waals surface area contributed by atoms with E-state index >= 15 is 0 Å². The molecule has 0 spiro atoms. The number of rotatable bonds is 9. The summed E-state index contributed by atoms with van der Waals surface area (Å²) in [5.74, 6) is 0. The molecule has 0 radical (unpaired) electrons. The van der Waals surface area contributed by atoms with Gasteiger partial charge in [-0.3, -0.25) is 0 Å². The van der Waals surface area contributed by atoms with E-state index in [-0.39, 0.29) is 0 Å². The fraction of sp³-hybridized carbons (Fsp3) is 0.0667. The van der Waals surface area contributed by atoms with E-state index in [2.05, 4.69) is 258 Å². The van der Waals surface area contributed by atoms with E-state index in [0.717, 1.165) is 0 Å². The van der Waals surface area contributed by atoms with Crippen molar-refractivity contribution in [3.8, 4) is 11.1 Å². The van der Waals surface area contributed by atoms with Crippen LogP contribution in [-0.2, 0) is 0 Å². The van der Waals surface area contributed by atoms with Gasteiger partial charge in [0.1, 0.15) is 0 Å². The first-order valence-electron chi connectivity index (χ1n) is 21.8. The van der Waals surface area contributed by atoms with Gasteiger partial charge >= 0.3 is 370 Å². The predicted molar refractivity (Wildman–Crippen MR) is 278 cm³/mol. The monoisotopic (exact) mass is 834 g/mol. The quantitative estimate of drug-likeness (QED) is 0.127. The van der Waals surface area contributed by atoms with Crippen molar-refractivity contribution in [3.63, 3.8) is 0 Å². The van der Waals surface area contributed by atoms with Crippen LogP contribution in [0.15, 0.2) is 231 Å². The third-order valence-electron chi connectivity index (χ3n) is 13.3. The number of benzene rings is 10. The van der Waals surface area contributed by atoms with Crippen molar-refractivity contribution in [2.24, 2.45) is 0 Å². The molecule has 0 nitrogen and oxygen atoms in total.